The van der Waals surface area contributed by atoms with Crippen LogP contribution in [-0.4, -0.2) is 10.9 Å². The van der Waals surface area contributed by atoms with E-state index in [-0.39, 0.29) is 5.78 Å². The normalized spacial score (nSPS) is 9.00. The fraction of sp³-hybridized carbons (Fsp3) is 0.462. The molecule has 0 bridgehead atoms. The molecule has 0 aliphatic heterocycles. The second-order valence-corrected chi connectivity index (χ2v) is 3.68. The van der Waals surface area contributed by atoms with Crippen LogP contribution < -0.4 is 0 Å². The lowest BCUT2D eigenvalue weighted by molar-refractivity contribution is -0.114. The summed E-state index contributed by atoms with van der Waals surface area (Å²) >= 11 is 0. The molecule has 1 N–H and O–H groups in total. The van der Waals surface area contributed by atoms with Gasteiger partial charge < -0.3 is 9.90 Å². The number of carbonyl (C=O) groups excluding carboxylic acids is 1. The Morgan fingerprint density at radius 1 is 1.20 bits per heavy atom. The van der Waals surface area contributed by atoms with E-state index >= 15 is 0 Å². The number of phenolic OH excluding ortho intramolecular Hbond substituents is 1. The molecule has 0 unspecified atom stereocenters. The minimum Gasteiger partial charge on any atom is -0.508 e. The molecule has 15 heavy (non-hydrogen) atoms. The number of rotatable bonds is 3. The first-order valence-corrected chi connectivity index (χ1v) is 5.31. The molecule has 2 nitrogen and oxygen atoms in total. The van der Waals surface area contributed by atoms with Crippen molar-refractivity contribution in [3.8, 4) is 5.75 Å². The summed E-state index contributed by atoms with van der Waals surface area (Å²) in [5, 5.41) is 8.98. The number of ketones is 1. The van der Waals surface area contributed by atoms with Gasteiger partial charge in [-0.25, -0.2) is 0 Å². The molecule has 0 radical (unpaired) electrons. The zero-order valence-electron chi connectivity index (χ0n) is 9.79. The van der Waals surface area contributed by atoms with Crippen molar-refractivity contribution in [3.63, 3.8) is 0 Å². The third-order valence-electron chi connectivity index (χ3n) is 1.76. The van der Waals surface area contributed by atoms with Crippen molar-refractivity contribution in [1.82, 2.24) is 0 Å². The van der Waals surface area contributed by atoms with Gasteiger partial charge in [-0.15, -0.1) is 0 Å². The van der Waals surface area contributed by atoms with Gasteiger partial charge in [0.25, 0.3) is 0 Å². The zero-order valence-corrected chi connectivity index (χ0v) is 9.79. The first-order chi connectivity index (χ1) is 7.06. The largest absolute Gasteiger partial charge is 0.508 e. The van der Waals surface area contributed by atoms with Crippen LogP contribution in [0.4, 0.5) is 0 Å². The minimum atomic E-state index is 0.167. The fourth-order valence-corrected chi connectivity index (χ4v) is 1.04. The molecule has 0 spiro atoms. The summed E-state index contributed by atoms with van der Waals surface area (Å²) in [5.41, 5.74) is 1.31. The van der Waals surface area contributed by atoms with Gasteiger partial charge in [0.1, 0.15) is 11.5 Å². The summed E-state index contributed by atoms with van der Waals surface area (Å²) in [4.78, 5) is 9.44. The van der Waals surface area contributed by atoms with Crippen LogP contribution in [0.2, 0.25) is 0 Å². The number of phenols is 1. The molecular formula is C13H20O2. The summed E-state index contributed by atoms with van der Waals surface area (Å²) in [5.74, 6) is 0.519. The van der Waals surface area contributed by atoms with Gasteiger partial charge in [0.05, 0.1) is 0 Å². The highest BCUT2D eigenvalue weighted by atomic mass is 16.3. The molecule has 0 aliphatic carbocycles. The van der Waals surface area contributed by atoms with Crippen molar-refractivity contribution in [1.29, 1.82) is 0 Å². The van der Waals surface area contributed by atoms with E-state index in [0.29, 0.717) is 5.75 Å². The molecule has 0 heterocycles. The Balaban J connectivity index is 0.000000423. The van der Waals surface area contributed by atoms with Gasteiger partial charge in [0.15, 0.2) is 0 Å². The molecule has 0 saturated carbocycles. The van der Waals surface area contributed by atoms with Crippen LogP contribution in [0, 0.1) is 0 Å². The summed E-state index contributed by atoms with van der Waals surface area (Å²) in [6.45, 7) is 5.24. The molecule has 84 valence electrons. The van der Waals surface area contributed by atoms with Crippen molar-refractivity contribution in [2.45, 2.75) is 40.0 Å². The topological polar surface area (TPSA) is 37.3 Å². The number of Topliss-reactive ketones (excluding diaryl/α,β-unsaturated/α-hetero) is 1. The molecule has 0 saturated heterocycles. The van der Waals surface area contributed by atoms with Gasteiger partial charge in [-0.3, -0.25) is 0 Å². The Labute approximate surface area is 91.9 Å². The number of carbonyl (C=O) groups is 1. The highest BCUT2D eigenvalue weighted by Crippen LogP contribution is 2.11. The van der Waals surface area contributed by atoms with Gasteiger partial charge in [-0.05, 0) is 44.4 Å². The van der Waals surface area contributed by atoms with Gasteiger partial charge in [-0.2, -0.15) is 0 Å². The van der Waals surface area contributed by atoms with Crippen molar-refractivity contribution < 1.29 is 9.90 Å². The number of aromatic hydroxyl groups is 1. The number of unbranched alkanes of at least 4 members (excludes halogenated alkanes) is 1. The lowest BCUT2D eigenvalue weighted by atomic mass is 10.1. The van der Waals surface area contributed by atoms with E-state index in [2.05, 4.69) is 6.92 Å². The third-order valence-corrected chi connectivity index (χ3v) is 1.76. The highest BCUT2D eigenvalue weighted by Gasteiger charge is 1.91. The van der Waals surface area contributed by atoms with Gasteiger partial charge in [-0.1, -0.05) is 25.5 Å². The summed E-state index contributed by atoms with van der Waals surface area (Å²) < 4.78 is 0. The van der Waals surface area contributed by atoms with Crippen molar-refractivity contribution in [2.24, 2.45) is 0 Å². The first-order valence-electron chi connectivity index (χ1n) is 5.31. The van der Waals surface area contributed by atoms with E-state index in [1.807, 2.05) is 12.1 Å². The fourth-order valence-electron chi connectivity index (χ4n) is 1.04. The minimum absolute atomic E-state index is 0.167. The van der Waals surface area contributed by atoms with Crippen molar-refractivity contribution >= 4 is 5.78 Å². The molecule has 0 atom stereocenters. The Morgan fingerprint density at radius 3 is 2.07 bits per heavy atom. The molecule has 0 fully saturated rings. The van der Waals surface area contributed by atoms with E-state index in [1.54, 1.807) is 12.1 Å². The number of hydrogen-bond donors (Lipinski definition) is 1. The second kappa shape index (κ2) is 8.04. The van der Waals surface area contributed by atoms with E-state index in [1.165, 1.54) is 32.3 Å². The average Bonchev–Trinajstić information content (AvgIpc) is 2.16. The molecular weight excluding hydrogens is 188 g/mol. The van der Waals surface area contributed by atoms with E-state index < -0.39 is 0 Å². The summed E-state index contributed by atoms with van der Waals surface area (Å²) in [7, 11) is 0. The second-order valence-electron chi connectivity index (χ2n) is 3.68. The molecule has 1 aromatic carbocycles. The summed E-state index contributed by atoms with van der Waals surface area (Å²) in [6.07, 6.45) is 3.57. The molecule has 1 rings (SSSR count). The van der Waals surface area contributed by atoms with Crippen molar-refractivity contribution in [3.05, 3.63) is 29.8 Å². The van der Waals surface area contributed by atoms with Gasteiger partial charge in [0, 0.05) is 0 Å². The van der Waals surface area contributed by atoms with Crippen LogP contribution in [0.15, 0.2) is 24.3 Å². The predicted molar refractivity (Wildman–Crippen MR) is 63.1 cm³/mol. The third kappa shape index (κ3) is 9.01. The lowest BCUT2D eigenvalue weighted by Crippen LogP contribution is -1.82. The molecule has 0 aliphatic rings. The van der Waals surface area contributed by atoms with Crippen molar-refractivity contribution in [2.75, 3.05) is 0 Å². The molecule has 0 amide bonds. The van der Waals surface area contributed by atoms with Gasteiger partial charge >= 0.3 is 0 Å². The van der Waals surface area contributed by atoms with Crippen LogP contribution in [0.5, 0.6) is 5.75 Å². The maximum atomic E-state index is 9.44. The first kappa shape index (κ1) is 13.7. The average molecular weight is 208 g/mol. The smallest absolute Gasteiger partial charge is 0.126 e. The van der Waals surface area contributed by atoms with Gasteiger partial charge in [0.2, 0.25) is 0 Å². The van der Waals surface area contributed by atoms with E-state index in [4.69, 9.17) is 5.11 Å². The van der Waals surface area contributed by atoms with E-state index in [0.717, 1.165) is 6.42 Å². The SMILES string of the molecule is CC(C)=O.CCCCc1ccc(O)cc1. The Bertz CT molecular complexity index is 271. The monoisotopic (exact) mass is 208 g/mol. The molecule has 2 heteroatoms. The van der Waals surface area contributed by atoms with Crippen LogP contribution in [0.3, 0.4) is 0 Å². The lowest BCUT2D eigenvalue weighted by Gasteiger charge is -1.98. The van der Waals surface area contributed by atoms with Crippen LogP contribution in [-0.2, 0) is 11.2 Å². The molecule has 1 aromatic rings. The Hall–Kier alpha value is -1.31. The number of hydrogen-bond acceptors (Lipinski definition) is 2. The Kier molecular flexibility index (Phi) is 7.33. The maximum absolute atomic E-state index is 9.44. The predicted octanol–water partition coefficient (Wildman–Crippen LogP) is 3.33. The quantitative estimate of drug-likeness (QED) is 0.827. The Morgan fingerprint density at radius 2 is 1.67 bits per heavy atom. The number of aryl methyl sites for hydroxylation is 1. The van der Waals surface area contributed by atoms with Crippen LogP contribution in [0.25, 0.3) is 0 Å². The molecule has 0 aromatic heterocycles. The summed E-state index contributed by atoms with van der Waals surface area (Å²) in [6, 6.07) is 7.44. The standard InChI is InChI=1S/C10H14O.C3H6O/c1-2-3-4-9-5-7-10(11)8-6-9;1-3(2)4/h5-8,11H,2-4H2,1H3;1-2H3. The van der Waals surface area contributed by atoms with Crippen LogP contribution >= 0.6 is 0 Å². The zero-order chi connectivity index (χ0) is 11.7. The maximum Gasteiger partial charge on any atom is 0.126 e. The number of benzene rings is 1. The highest BCUT2D eigenvalue weighted by molar-refractivity contribution is 5.72. The van der Waals surface area contributed by atoms with Crippen LogP contribution in [0.1, 0.15) is 39.2 Å². The van der Waals surface area contributed by atoms with E-state index in [9.17, 15) is 4.79 Å².